The van der Waals surface area contributed by atoms with Crippen LogP contribution in [0, 0.1) is 0 Å². The predicted octanol–water partition coefficient (Wildman–Crippen LogP) is 4.05. The molecule has 0 aliphatic rings. The first-order valence-electron chi connectivity index (χ1n) is 9.51. The van der Waals surface area contributed by atoms with Gasteiger partial charge in [0.15, 0.2) is 5.76 Å². The van der Waals surface area contributed by atoms with Crippen molar-refractivity contribution >= 4 is 16.5 Å². The number of fused-ring (bicyclic) bond motifs is 2. The topological polar surface area (TPSA) is 85.2 Å². The van der Waals surface area contributed by atoms with Crippen LogP contribution in [0.25, 0.3) is 27.9 Å². The average molecular weight is 398 g/mol. The second-order valence-corrected chi connectivity index (χ2v) is 6.82. The molecule has 5 rings (SSSR count). The molecule has 0 aliphatic heterocycles. The van der Waals surface area contributed by atoms with Crippen LogP contribution in [0.15, 0.2) is 89.1 Å². The van der Waals surface area contributed by atoms with E-state index in [-0.39, 0.29) is 0 Å². The van der Waals surface area contributed by atoms with E-state index >= 15 is 0 Å². The Morgan fingerprint density at radius 3 is 2.83 bits per heavy atom. The zero-order valence-corrected chi connectivity index (χ0v) is 16.0. The quantitative estimate of drug-likeness (QED) is 0.357. The number of hydrogen-bond donors (Lipinski definition) is 1. The van der Waals surface area contributed by atoms with Crippen molar-refractivity contribution in [1.29, 1.82) is 0 Å². The standard InChI is InChI=1S/C23H18N4O3/c28-26-20-14-23(21-12-17-2-1-10-27(17)15-25-21)30-22-4-3-18(13-19(20)22)29-11-7-16-5-8-24-9-6-16/h1-6,8-10,12-15,28H,7,11H2. The smallest absolute Gasteiger partial charge is 0.155 e. The molecule has 0 saturated heterocycles. The zero-order chi connectivity index (χ0) is 20.3. The molecule has 0 aliphatic carbocycles. The van der Waals surface area contributed by atoms with Crippen molar-refractivity contribution < 1.29 is 14.4 Å². The van der Waals surface area contributed by atoms with Gasteiger partial charge in [0.1, 0.15) is 22.4 Å². The van der Waals surface area contributed by atoms with Crippen LogP contribution in [0.2, 0.25) is 0 Å². The first kappa shape index (κ1) is 17.9. The van der Waals surface area contributed by atoms with E-state index < -0.39 is 0 Å². The van der Waals surface area contributed by atoms with E-state index in [1.165, 1.54) is 0 Å². The summed E-state index contributed by atoms with van der Waals surface area (Å²) in [6.45, 7) is 0.525. The van der Waals surface area contributed by atoms with Crippen molar-refractivity contribution in [3.63, 3.8) is 0 Å². The van der Waals surface area contributed by atoms with E-state index in [0.717, 1.165) is 17.5 Å². The largest absolute Gasteiger partial charge is 0.493 e. The van der Waals surface area contributed by atoms with Crippen LogP contribution >= 0.6 is 0 Å². The number of hydrogen-bond acceptors (Lipinski definition) is 6. The Labute approximate surface area is 171 Å². The highest BCUT2D eigenvalue weighted by atomic mass is 16.5. The Kier molecular flexibility index (Phi) is 4.61. The highest BCUT2D eigenvalue weighted by Gasteiger charge is 2.10. The van der Waals surface area contributed by atoms with Crippen molar-refractivity contribution in [3.05, 3.63) is 90.4 Å². The van der Waals surface area contributed by atoms with Gasteiger partial charge in [0.05, 0.1) is 18.3 Å². The van der Waals surface area contributed by atoms with Gasteiger partial charge in [0.25, 0.3) is 0 Å². The Balaban J connectivity index is 1.45. The van der Waals surface area contributed by atoms with E-state index in [0.29, 0.717) is 40.1 Å². The summed E-state index contributed by atoms with van der Waals surface area (Å²) >= 11 is 0. The van der Waals surface area contributed by atoms with Crippen LogP contribution in [0.5, 0.6) is 5.75 Å². The number of benzene rings is 1. The molecule has 1 N–H and O–H groups in total. The predicted molar refractivity (Wildman–Crippen MR) is 111 cm³/mol. The lowest BCUT2D eigenvalue weighted by Crippen LogP contribution is -2.05. The van der Waals surface area contributed by atoms with Gasteiger partial charge in [-0.1, -0.05) is 5.16 Å². The third-order valence-corrected chi connectivity index (χ3v) is 4.90. The summed E-state index contributed by atoms with van der Waals surface area (Å²) in [7, 11) is 0. The van der Waals surface area contributed by atoms with Gasteiger partial charge in [0.2, 0.25) is 0 Å². The molecule has 0 unspecified atom stereocenters. The molecule has 5 aromatic rings. The van der Waals surface area contributed by atoms with Crippen LogP contribution in [0.4, 0.5) is 0 Å². The van der Waals surface area contributed by atoms with E-state index in [9.17, 15) is 5.21 Å². The van der Waals surface area contributed by atoms with Crippen molar-refractivity contribution in [2.45, 2.75) is 6.42 Å². The second kappa shape index (κ2) is 7.71. The Morgan fingerprint density at radius 2 is 1.97 bits per heavy atom. The van der Waals surface area contributed by atoms with E-state index in [1.807, 2.05) is 59.1 Å². The zero-order valence-electron chi connectivity index (χ0n) is 16.0. The maximum absolute atomic E-state index is 9.57. The summed E-state index contributed by atoms with van der Waals surface area (Å²) in [5.74, 6) is 1.20. The lowest BCUT2D eigenvalue weighted by atomic mass is 10.2. The molecule has 7 nitrogen and oxygen atoms in total. The summed E-state index contributed by atoms with van der Waals surface area (Å²) in [6, 6.07) is 16.9. The number of nitrogens with zero attached hydrogens (tertiary/aromatic N) is 4. The van der Waals surface area contributed by atoms with Crippen LogP contribution in [0.3, 0.4) is 0 Å². The summed E-state index contributed by atoms with van der Waals surface area (Å²) < 4.78 is 13.8. The van der Waals surface area contributed by atoms with Gasteiger partial charge in [0, 0.05) is 36.6 Å². The van der Waals surface area contributed by atoms with Crippen LogP contribution in [-0.4, -0.2) is 26.2 Å². The number of aromatic nitrogens is 3. The fourth-order valence-electron chi connectivity index (χ4n) is 3.35. The van der Waals surface area contributed by atoms with Gasteiger partial charge in [-0.25, -0.2) is 4.98 Å². The third-order valence-electron chi connectivity index (χ3n) is 4.90. The van der Waals surface area contributed by atoms with E-state index in [2.05, 4.69) is 15.1 Å². The summed E-state index contributed by atoms with van der Waals surface area (Å²) in [6.07, 6.45) is 7.95. The first-order chi connectivity index (χ1) is 14.8. The van der Waals surface area contributed by atoms with Gasteiger partial charge in [-0.15, -0.1) is 0 Å². The minimum absolute atomic E-state index is 0.392. The lowest BCUT2D eigenvalue weighted by Gasteiger charge is -2.08. The van der Waals surface area contributed by atoms with Crippen molar-refractivity contribution in [3.8, 4) is 17.2 Å². The van der Waals surface area contributed by atoms with Gasteiger partial charge in [-0.2, -0.15) is 0 Å². The molecule has 0 spiro atoms. The number of pyridine rings is 1. The van der Waals surface area contributed by atoms with E-state index in [1.54, 1.807) is 24.8 Å². The molecule has 0 bridgehead atoms. The lowest BCUT2D eigenvalue weighted by molar-refractivity contribution is 0.302. The van der Waals surface area contributed by atoms with Crippen LogP contribution in [-0.2, 0) is 6.42 Å². The normalized spacial score (nSPS) is 11.9. The molecule has 0 fully saturated rings. The van der Waals surface area contributed by atoms with Gasteiger partial charge < -0.3 is 18.8 Å². The minimum atomic E-state index is 0.392. The van der Waals surface area contributed by atoms with Crippen molar-refractivity contribution in [1.82, 2.24) is 14.4 Å². The molecule has 0 amide bonds. The van der Waals surface area contributed by atoms with E-state index in [4.69, 9.17) is 9.15 Å². The molecule has 0 atom stereocenters. The molecular weight excluding hydrogens is 380 g/mol. The Bertz CT molecular complexity index is 1390. The highest BCUT2D eigenvalue weighted by Crippen LogP contribution is 2.24. The fourth-order valence-corrected chi connectivity index (χ4v) is 3.35. The Morgan fingerprint density at radius 1 is 1.07 bits per heavy atom. The number of ether oxygens (including phenoxy) is 1. The molecule has 0 saturated carbocycles. The van der Waals surface area contributed by atoms with Crippen LogP contribution in [0.1, 0.15) is 5.56 Å². The van der Waals surface area contributed by atoms with Crippen LogP contribution < -0.4 is 10.1 Å². The molecule has 1 aromatic carbocycles. The molecular formula is C23H18N4O3. The minimum Gasteiger partial charge on any atom is -0.493 e. The highest BCUT2D eigenvalue weighted by molar-refractivity contribution is 5.80. The first-order valence-corrected chi connectivity index (χ1v) is 9.51. The maximum Gasteiger partial charge on any atom is 0.155 e. The molecule has 7 heteroatoms. The third kappa shape index (κ3) is 3.48. The maximum atomic E-state index is 9.57. The van der Waals surface area contributed by atoms with Gasteiger partial charge in [-0.05, 0) is 54.1 Å². The summed E-state index contributed by atoms with van der Waals surface area (Å²) in [5, 5.41) is 14.1. The Hall–Kier alpha value is -4.13. The SMILES string of the molecule is ON=c1cc(-c2cc3cccn3cn2)oc2ccc(OCCc3ccncc3)cc12. The fraction of sp³-hybridized carbons (Fsp3) is 0.0870. The molecule has 4 heterocycles. The summed E-state index contributed by atoms with van der Waals surface area (Å²) in [5.41, 5.74) is 3.39. The van der Waals surface area contributed by atoms with Gasteiger partial charge >= 0.3 is 0 Å². The summed E-state index contributed by atoms with van der Waals surface area (Å²) in [4.78, 5) is 8.45. The molecule has 148 valence electrons. The second-order valence-electron chi connectivity index (χ2n) is 6.82. The van der Waals surface area contributed by atoms with Gasteiger partial charge in [-0.3, -0.25) is 4.98 Å². The molecule has 4 aromatic heterocycles. The average Bonchev–Trinajstić information content (AvgIpc) is 3.27. The van der Waals surface area contributed by atoms with Crippen molar-refractivity contribution in [2.75, 3.05) is 6.61 Å². The number of rotatable bonds is 5. The van der Waals surface area contributed by atoms with Crippen molar-refractivity contribution in [2.24, 2.45) is 5.16 Å². The molecule has 0 radical (unpaired) electrons. The monoisotopic (exact) mass is 398 g/mol. The molecule has 30 heavy (non-hydrogen) atoms.